The van der Waals surface area contributed by atoms with Crippen LogP contribution in [0, 0.1) is 0 Å². The van der Waals surface area contributed by atoms with Gasteiger partial charge in [-0.2, -0.15) is 23.5 Å². The molecule has 2 aliphatic rings. The smallest absolute Gasteiger partial charge is 0.125 e. The number of hydrogen-bond donors (Lipinski definition) is 0. The maximum atomic E-state index is 7.07. The lowest BCUT2D eigenvalue weighted by Gasteiger charge is -2.42. The third-order valence-corrected chi connectivity index (χ3v) is 7.05. The molecular formula is C22H22OS2. The van der Waals surface area contributed by atoms with Crippen molar-refractivity contribution in [2.24, 2.45) is 0 Å². The molecule has 0 aromatic heterocycles. The van der Waals surface area contributed by atoms with Gasteiger partial charge in [0.25, 0.3) is 0 Å². The summed E-state index contributed by atoms with van der Waals surface area (Å²) in [6.07, 6.45) is 4.00. The second kappa shape index (κ2) is 6.71. The van der Waals surface area contributed by atoms with E-state index in [9.17, 15) is 0 Å². The number of ether oxygens (including phenoxy) is 1. The van der Waals surface area contributed by atoms with E-state index in [0.717, 1.165) is 11.5 Å². The molecule has 2 aromatic carbocycles. The SMILES string of the molecule is C=CC(OC(C=C)(c1ccccc1)C1CS1)(c1ccccc1)C1CS1. The second-order valence-electron chi connectivity index (χ2n) is 6.47. The summed E-state index contributed by atoms with van der Waals surface area (Å²) >= 11 is 3.87. The van der Waals surface area contributed by atoms with Gasteiger partial charge >= 0.3 is 0 Å². The summed E-state index contributed by atoms with van der Waals surface area (Å²) in [5, 5.41) is 0.804. The Kier molecular flexibility index (Phi) is 4.57. The molecule has 4 atom stereocenters. The molecule has 0 spiro atoms. The van der Waals surface area contributed by atoms with Crippen LogP contribution in [-0.4, -0.2) is 22.0 Å². The van der Waals surface area contributed by atoms with E-state index >= 15 is 0 Å². The zero-order chi connectivity index (χ0) is 17.3. The fraction of sp³-hybridized carbons (Fsp3) is 0.273. The minimum atomic E-state index is -0.501. The molecule has 4 unspecified atom stereocenters. The Balaban J connectivity index is 1.82. The van der Waals surface area contributed by atoms with Gasteiger partial charge in [-0.25, -0.2) is 0 Å². The summed E-state index contributed by atoms with van der Waals surface area (Å²) in [5.41, 5.74) is 1.35. The van der Waals surface area contributed by atoms with E-state index in [1.807, 2.05) is 47.8 Å². The van der Waals surface area contributed by atoms with E-state index in [-0.39, 0.29) is 0 Å². The molecule has 3 heteroatoms. The lowest BCUT2D eigenvalue weighted by atomic mass is 9.85. The fourth-order valence-corrected chi connectivity index (χ4v) is 5.21. The molecule has 0 N–H and O–H groups in total. The number of hydrogen-bond acceptors (Lipinski definition) is 3. The zero-order valence-corrected chi connectivity index (χ0v) is 15.8. The van der Waals surface area contributed by atoms with Crippen molar-refractivity contribution in [3.05, 3.63) is 97.1 Å². The van der Waals surface area contributed by atoms with Crippen LogP contribution >= 0.6 is 23.5 Å². The Morgan fingerprint density at radius 3 is 1.40 bits per heavy atom. The van der Waals surface area contributed by atoms with Crippen LogP contribution in [0.2, 0.25) is 0 Å². The highest BCUT2D eigenvalue weighted by atomic mass is 32.2. The zero-order valence-electron chi connectivity index (χ0n) is 14.1. The van der Waals surface area contributed by atoms with Gasteiger partial charge in [0.05, 0.1) is 10.5 Å². The van der Waals surface area contributed by atoms with Gasteiger partial charge in [0.1, 0.15) is 11.2 Å². The third kappa shape index (κ3) is 2.99. The molecule has 128 valence electrons. The lowest BCUT2D eigenvalue weighted by molar-refractivity contribution is -0.108. The summed E-state index contributed by atoms with van der Waals surface area (Å²) < 4.78 is 7.07. The molecule has 2 saturated heterocycles. The van der Waals surface area contributed by atoms with Crippen molar-refractivity contribution in [1.82, 2.24) is 0 Å². The Bertz CT molecular complexity index is 687. The Morgan fingerprint density at radius 2 is 1.12 bits per heavy atom. The number of thioether (sulfide) groups is 2. The van der Waals surface area contributed by atoms with Crippen molar-refractivity contribution >= 4 is 23.5 Å². The van der Waals surface area contributed by atoms with Crippen LogP contribution in [0.4, 0.5) is 0 Å². The van der Waals surface area contributed by atoms with Gasteiger partial charge in [0, 0.05) is 11.5 Å². The van der Waals surface area contributed by atoms with Gasteiger partial charge in [-0.3, -0.25) is 0 Å². The first-order valence-corrected chi connectivity index (χ1v) is 10.7. The van der Waals surface area contributed by atoms with E-state index in [2.05, 4.69) is 61.7 Å². The molecular weight excluding hydrogens is 344 g/mol. The first-order valence-electron chi connectivity index (χ1n) is 8.57. The summed E-state index contributed by atoms with van der Waals surface area (Å²) in [6.45, 7) is 8.37. The highest BCUT2D eigenvalue weighted by molar-refractivity contribution is 8.07. The predicted octanol–water partition coefficient (Wildman–Crippen LogP) is 5.40. The molecule has 4 rings (SSSR count). The van der Waals surface area contributed by atoms with E-state index < -0.39 is 11.2 Å². The first kappa shape index (κ1) is 17.0. The Hall–Kier alpha value is -1.42. The van der Waals surface area contributed by atoms with E-state index in [4.69, 9.17) is 4.74 Å². The van der Waals surface area contributed by atoms with Crippen molar-refractivity contribution in [1.29, 1.82) is 0 Å². The monoisotopic (exact) mass is 366 g/mol. The highest BCUT2D eigenvalue weighted by Gasteiger charge is 2.55. The van der Waals surface area contributed by atoms with Crippen molar-refractivity contribution in [3.63, 3.8) is 0 Å². The van der Waals surface area contributed by atoms with Gasteiger partial charge in [0.2, 0.25) is 0 Å². The van der Waals surface area contributed by atoms with Crippen LogP contribution < -0.4 is 0 Å². The maximum Gasteiger partial charge on any atom is 0.125 e. The maximum absolute atomic E-state index is 7.07. The molecule has 2 aromatic rings. The molecule has 1 nitrogen and oxygen atoms in total. The summed E-state index contributed by atoms with van der Waals surface area (Å²) in [7, 11) is 0. The van der Waals surface area contributed by atoms with Gasteiger partial charge < -0.3 is 4.74 Å². The average Bonchev–Trinajstić information content (AvgIpc) is 3.58. The van der Waals surface area contributed by atoms with Crippen LogP contribution in [0.25, 0.3) is 0 Å². The van der Waals surface area contributed by atoms with E-state index in [0.29, 0.717) is 10.5 Å². The minimum Gasteiger partial charge on any atom is -0.349 e. The van der Waals surface area contributed by atoms with Gasteiger partial charge in [-0.15, -0.1) is 0 Å². The quantitative estimate of drug-likeness (QED) is 0.457. The van der Waals surface area contributed by atoms with Gasteiger partial charge in [0.15, 0.2) is 0 Å². The number of rotatable bonds is 8. The van der Waals surface area contributed by atoms with Crippen LogP contribution in [-0.2, 0) is 15.9 Å². The van der Waals surface area contributed by atoms with Crippen molar-refractivity contribution in [2.45, 2.75) is 21.7 Å². The molecule has 25 heavy (non-hydrogen) atoms. The standard InChI is InChI=1S/C22H22OS2/c1-3-21(19-15-24-19,17-11-7-5-8-12-17)23-22(4-2,20-16-25-20)18-13-9-6-10-14-18/h3-14,19-20H,1-2,15-16H2. The summed E-state index contributed by atoms with van der Waals surface area (Å²) in [4.78, 5) is 0. The third-order valence-electron chi connectivity index (χ3n) is 5.02. The topological polar surface area (TPSA) is 9.23 Å². The van der Waals surface area contributed by atoms with E-state index in [1.165, 1.54) is 11.1 Å². The molecule has 0 radical (unpaired) electrons. The Morgan fingerprint density at radius 1 is 0.760 bits per heavy atom. The molecule has 0 amide bonds. The Labute approximate surface area is 158 Å². The largest absolute Gasteiger partial charge is 0.349 e. The average molecular weight is 367 g/mol. The molecule has 2 fully saturated rings. The predicted molar refractivity (Wildman–Crippen MR) is 110 cm³/mol. The van der Waals surface area contributed by atoms with Crippen LogP contribution in [0.1, 0.15) is 11.1 Å². The second-order valence-corrected chi connectivity index (χ2v) is 8.94. The van der Waals surface area contributed by atoms with Crippen LogP contribution in [0.3, 0.4) is 0 Å². The molecule has 0 saturated carbocycles. The highest BCUT2D eigenvalue weighted by Crippen LogP contribution is 2.56. The van der Waals surface area contributed by atoms with Gasteiger partial charge in [-0.05, 0) is 11.1 Å². The van der Waals surface area contributed by atoms with E-state index in [1.54, 1.807) is 0 Å². The minimum absolute atomic E-state index is 0.402. The molecule has 0 aliphatic carbocycles. The van der Waals surface area contributed by atoms with Crippen molar-refractivity contribution in [3.8, 4) is 0 Å². The van der Waals surface area contributed by atoms with Crippen LogP contribution in [0.15, 0.2) is 86.0 Å². The molecule has 2 aliphatic heterocycles. The first-order chi connectivity index (χ1) is 12.2. The van der Waals surface area contributed by atoms with Gasteiger partial charge in [-0.1, -0.05) is 86.0 Å². The number of benzene rings is 2. The molecule has 0 bridgehead atoms. The fourth-order valence-electron chi connectivity index (χ4n) is 3.47. The van der Waals surface area contributed by atoms with Crippen molar-refractivity contribution < 1.29 is 4.74 Å². The van der Waals surface area contributed by atoms with Crippen LogP contribution in [0.5, 0.6) is 0 Å². The molecule has 2 heterocycles. The summed E-state index contributed by atoms with van der Waals surface area (Å²) in [5.74, 6) is 2.20. The lowest BCUT2D eigenvalue weighted by Crippen LogP contribution is -2.45. The summed E-state index contributed by atoms with van der Waals surface area (Å²) in [6, 6.07) is 21.0. The normalized spacial score (nSPS) is 26.1. The van der Waals surface area contributed by atoms with Crippen molar-refractivity contribution in [2.75, 3.05) is 11.5 Å².